The molecular formula is C20H31IN6OS. The molecule has 1 aromatic carbocycles. The van der Waals surface area contributed by atoms with Gasteiger partial charge < -0.3 is 19.5 Å². The molecule has 1 saturated heterocycles. The van der Waals surface area contributed by atoms with Crippen molar-refractivity contribution < 1.29 is 4.74 Å². The van der Waals surface area contributed by atoms with Crippen molar-refractivity contribution in [2.75, 3.05) is 26.0 Å². The molecule has 0 bridgehead atoms. The van der Waals surface area contributed by atoms with E-state index in [0.717, 1.165) is 47.8 Å². The minimum absolute atomic E-state index is 0. The fraction of sp³-hybridized carbons (Fsp3) is 0.550. The van der Waals surface area contributed by atoms with Crippen LogP contribution in [0, 0.1) is 6.92 Å². The van der Waals surface area contributed by atoms with Crippen LogP contribution in [0.1, 0.15) is 30.6 Å². The first kappa shape index (κ1) is 23.8. The molecule has 1 aliphatic rings. The van der Waals surface area contributed by atoms with Crippen molar-refractivity contribution in [2.24, 2.45) is 12.0 Å². The summed E-state index contributed by atoms with van der Waals surface area (Å²) < 4.78 is 7.25. The molecule has 29 heavy (non-hydrogen) atoms. The van der Waals surface area contributed by atoms with E-state index in [0.29, 0.717) is 18.3 Å². The highest BCUT2D eigenvalue weighted by Gasteiger charge is 2.22. The number of nitrogens with one attached hydrogen (secondary N) is 1. The summed E-state index contributed by atoms with van der Waals surface area (Å²) in [6, 6.07) is 8.08. The Morgan fingerprint density at radius 1 is 1.31 bits per heavy atom. The van der Waals surface area contributed by atoms with E-state index in [1.54, 1.807) is 7.11 Å². The number of methoxy groups -OCH3 is 1. The molecule has 1 unspecified atom stereocenters. The number of aryl methyl sites for hydroxylation is 1. The Bertz CT molecular complexity index is 795. The molecule has 7 nitrogen and oxygen atoms in total. The molecule has 0 saturated carbocycles. The zero-order chi connectivity index (χ0) is 19.9. The largest absolute Gasteiger partial charge is 0.497 e. The first-order valence-corrected chi connectivity index (χ1v) is 10.8. The molecule has 160 valence electrons. The molecule has 9 heteroatoms. The zero-order valence-corrected chi connectivity index (χ0v) is 20.7. The predicted molar refractivity (Wildman–Crippen MR) is 130 cm³/mol. The summed E-state index contributed by atoms with van der Waals surface area (Å²) in [5.41, 5.74) is 1.16. The molecule has 0 spiro atoms. The minimum atomic E-state index is 0. The normalized spacial score (nSPS) is 17.0. The summed E-state index contributed by atoms with van der Waals surface area (Å²) in [6.45, 7) is 7.48. The minimum Gasteiger partial charge on any atom is -0.497 e. The second kappa shape index (κ2) is 11.6. The van der Waals surface area contributed by atoms with E-state index in [1.807, 2.05) is 30.7 Å². The Balaban J connectivity index is 0.00000300. The average Bonchev–Trinajstić information content (AvgIpc) is 3.06. The summed E-state index contributed by atoms with van der Waals surface area (Å²) in [5.74, 6) is 4.75. The van der Waals surface area contributed by atoms with E-state index < -0.39 is 0 Å². The summed E-state index contributed by atoms with van der Waals surface area (Å²) in [4.78, 5) is 7.29. The smallest absolute Gasteiger partial charge is 0.194 e. The first-order chi connectivity index (χ1) is 13.6. The topological polar surface area (TPSA) is 67.6 Å². The predicted octanol–water partition coefficient (Wildman–Crippen LogP) is 3.22. The first-order valence-electron chi connectivity index (χ1n) is 9.73. The maximum absolute atomic E-state index is 5.24. The Labute approximate surface area is 194 Å². The molecule has 1 fully saturated rings. The van der Waals surface area contributed by atoms with Crippen molar-refractivity contribution in [3.05, 3.63) is 41.5 Å². The van der Waals surface area contributed by atoms with Crippen LogP contribution >= 0.6 is 35.7 Å². The van der Waals surface area contributed by atoms with Gasteiger partial charge in [0.05, 0.1) is 20.2 Å². The monoisotopic (exact) mass is 530 g/mol. The number of aromatic nitrogens is 3. The van der Waals surface area contributed by atoms with Crippen LogP contribution in [0.2, 0.25) is 0 Å². The lowest BCUT2D eigenvalue weighted by Crippen LogP contribution is -2.48. The average molecular weight is 530 g/mol. The van der Waals surface area contributed by atoms with Gasteiger partial charge in [-0.3, -0.25) is 0 Å². The van der Waals surface area contributed by atoms with Crippen molar-refractivity contribution in [2.45, 2.75) is 38.6 Å². The van der Waals surface area contributed by atoms with Gasteiger partial charge >= 0.3 is 0 Å². The molecule has 2 heterocycles. The summed E-state index contributed by atoms with van der Waals surface area (Å²) in [5, 5.41) is 12.6. The highest BCUT2D eigenvalue weighted by molar-refractivity contribution is 14.0. The SMILES string of the molecule is CCC1CN(C(=NCc2ccc(OC)cc2)NCc2nnc(C)n2C)CCS1.I. The van der Waals surface area contributed by atoms with E-state index in [4.69, 9.17) is 9.73 Å². The van der Waals surface area contributed by atoms with Gasteiger partial charge in [-0.1, -0.05) is 19.1 Å². The molecule has 1 N–H and O–H groups in total. The summed E-state index contributed by atoms with van der Waals surface area (Å²) >= 11 is 2.06. The van der Waals surface area contributed by atoms with Crippen LogP contribution in [0.5, 0.6) is 5.75 Å². The number of hydrogen-bond acceptors (Lipinski definition) is 5. The summed E-state index contributed by atoms with van der Waals surface area (Å²) in [6.07, 6.45) is 1.18. The van der Waals surface area contributed by atoms with Crippen molar-refractivity contribution >= 4 is 41.7 Å². The number of nitrogens with zero attached hydrogens (tertiary/aromatic N) is 5. The number of aliphatic imine (C=N–C) groups is 1. The van der Waals surface area contributed by atoms with E-state index >= 15 is 0 Å². The molecule has 1 aliphatic heterocycles. The van der Waals surface area contributed by atoms with Gasteiger partial charge in [-0.25, -0.2) is 4.99 Å². The third-order valence-corrected chi connectivity index (χ3v) is 6.42. The number of hydrogen-bond donors (Lipinski definition) is 1. The maximum Gasteiger partial charge on any atom is 0.194 e. The highest BCUT2D eigenvalue weighted by Crippen LogP contribution is 2.21. The van der Waals surface area contributed by atoms with Crippen molar-refractivity contribution in [3.8, 4) is 5.75 Å². The van der Waals surface area contributed by atoms with Crippen LogP contribution in [0.15, 0.2) is 29.3 Å². The van der Waals surface area contributed by atoms with Gasteiger partial charge in [0.15, 0.2) is 11.8 Å². The maximum atomic E-state index is 5.24. The van der Waals surface area contributed by atoms with Crippen LogP contribution in [0.25, 0.3) is 0 Å². The van der Waals surface area contributed by atoms with Gasteiger partial charge in [0.2, 0.25) is 0 Å². The molecule has 0 amide bonds. The zero-order valence-electron chi connectivity index (χ0n) is 17.6. The molecule has 2 aromatic rings. The number of benzene rings is 1. The standard InChI is InChI=1S/C20H30N6OS.HI/c1-5-18-14-26(10-11-28-18)20(22-13-19-24-23-15(2)25(19)3)21-12-16-6-8-17(27-4)9-7-16;/h6-9,18H,5,10-14H2,1-4H3,(H,21,22);1H. The highest BCUT2D eigenvalue weighted by atomic mass is 127. The van der Waals surface area contributed by atoms with E-state index in [9.17, 15) is 0 Å². The number of rotatable bonds is 6. The second-order valence-corrected chi connectivity index (χ2v) is 8.32. The Morgan fingerprint density at radius 3 is 2.69 bits per heavy atom. The molecule has 0 radical (unpaired) electrons. The van der Waals surface area contributed by atoms with Gasteiger partial charge in [-0.05, 0) is 31.0 Å². The van der Waals surface area contributed by atoms with Crippen molar-refractivity contribution in [1.29, 1.82) is 0 Å². The fourth-order valence-electron chi connectivity index (χ4n) is 3.09. The number of ether oxygens (including phenoxy) is 1. The van der Waals surface area contributed by atoms with Crippen molar-refractivity contribution in [1.82, 2.24) is 25.0 Å². The van der Waals surface area contributed by atoms with Gasteiger partial charge in [0.25, 0.3) is 0 Å². The lowest BCUT2D eigenvalue weighted by molar-refractivity contribution is 0.405. The number of halogens is 1. The lowest BCUT2D eigenvalue weighted by atomic mass is 10.2. The van der Waals surface area contributed by atoms with Crippen LogP contribution in [0.4, 0.5) is 0 Å². The van der Waals surface area contributed by atoms with Gasteiger partial charge in [0.1, 0.15) is 11.6 Å². The summed E-state index contributed by atoms with van der Waals surface area (Å²) in [7, 11) is 3.67. The Morgan fingerprint density at radius 2 is 2.07 bits per heavy atom. The number of guanidine groups is 1. The fourth-order valence-corrected chi connectivity index (χ4v) is 4.27. The van der Waals surface area contributed by atoms with Gasteiger partial charge in [-0.2, -0.15) is 11.8 Å². The van der Waals surface area contributed by atoms with Crippen LogP contribution < -0.4 is 10.1 Å². The van der Waals surface area contributed by atoms with Gasteiger partial charge in [0, 0.05) is 31.1 Å². The van der Waals surface area contributed by atoms with Crippen LogP contribution in [-0.4, -0.2) is 56.8 Å². The third-order valence-electron chi connectivity index (χ3n) is 5.05. The van der Waals surface area contributed by atoms with E-state index in [1.165, 1.54) is 6.42 Å². The molecule has 3 rings (SSSR count). The van der Waals surface area contributed by atoms with Crippen LogP contribution in [-0.2, 0) is 20.1 Å². The lowest BCUT2D eigenvalue weighted by Gasteiger charge is -2.34. The van der Waals surface area contributed by atoms with Crippen LogP contribution in [0.3, 0.4) is 0 Å². The third kappa shape index (κ3) is 6.50. The molecule has 1 atom stereocenters. The van der Waals surface area contributed by atoms with E-state index in [-0.39, 0.29) is 24.0 Å². The van der Waals surface area contributed by atoms with Crippen molar-refractivity contribution in [3.63, 3.8) is 0 Å². The molecule has 0 aliphatic carbocycles. The van der Waals surface area contributed by atoms with E-state index in [2.05, 4.69) is 51.2 Å². The molecular weight excluding hydrogens is 499 g/mol. The van der Waals surface area contributed by atoms with Gasteiger partial charge in [-0.15, -0.1) is 34.2 Å². The number of thioether (sulfide) groups is 1. The Hall–Kier alpha value is -1.49. The second-order valence-electron chi connectivity index (χ2n) is 6.91. The molecule has 1 aromatic heterocycles. The Kier molecular flexibility index (Phi) is 9.54. The quantitative estimate of drug-likeness (QED) is 0.352.